The van der Waals surface area contributed by atoms with Crippen LogP contribution in [0.1, 0.15) is 23.6 Å². The van der Waals surface area contributed by atoms with Gasteiger partial charge in [0, 0.05) is 24.9 Å². The third kappa shape index (κ3) is 2.50. The van der Waals surface area contributed by atoms with E-state index < -0.39 is 10.6 Å². The first-order chi connectivity index (χ1) is 9.47. The van der Waals surface area contributed by atoms with E-state index in [4.69, 9.17) is 0 Å². The van der Waals surface area contributed by atoms with Gasteiger partial charge in [-0.3, -0.25) is 0 Å². The Bertz CT molecular complexity index is 591. The maximum absolute atomic E-state index is 10.9. The predicted octanol–water partition coefficient (Wildman–Crippen LogP) is 4.76. The van der Waals surface area contributed by atoms with Crippen LogP contribution < -0.4 is 0 Å². The van der Waals surface area contributed by atoms with Gasteiger partial charge in [-0.2, -0.15) is 0 Å². The Morgan fingerprint density at radius 1 is 1.25 bits per heavy atom. The molecule has 1 N–H and O–H groups in total. The number of hydrogen-bond donors (Lipinski definition) is 1. The van der Waals surface area contributed by atoms with E-state index in [1.807, 2.05) is 0 Å². The van der Waals surface area contributed by atoms with Crippen LogP contribution in [0.4, 0.5) is 0 Å². The molecule has 0 aromatic heterocycles. The lowest BCUT2D eigenvalue weighted by Gasteiger charge is -2.20. The zero-order valence-electron chi connectivity index (χ0n) is 10.9. The van der Waals surface area contributed by atoms with Gasteiger partial charge in [0.05, 0.1) is 4.90 Å². The highest BCUT2D eigenvalue weighted by molar-refractivity contribution is 8.30. The average Bonchev–Trinajstić information content (AvgIpc) is 2.43. The summed E-state index contributed by atoms with van der Waals surface area (Å²) in [6, 6.07) is 2.92. The van der Waals surface area contributed by atoms with Crippen molar-refractivity contribution in [1.82, 2.24) is 0 Å². The fourth-order valence-corrected chi connectivity index (χ4v) is 2.86. The summed E-state index contributed by atoms with van der Waals surface area (Å²) in [5.41, 5.74) is 1.26. The molecule has 0 heterocycles. The lowest BCUT2D eigenvalue weighted by atomic mass is 10.00. The molecule has 20 heavy (non-hydrogen) atoms. The molecule has 0 aliphatic carbocycles. The van der Waals surface area contributed by atoms with E-state index in [0.717, 1.165) is 0 Å². The van der Waals surface area contributed by atoms with Crippen LogP contribution >= 0.6 is 10.6 Å². The number of hydrogen-bond acceptors (Lipinski definition) is 7. The van der Waals surface area contributed by atoms with Gasteiger partial charge in [0.25, 0.3) is 0 Å². The first-order valence-electron chi connectivity index (χ1n) is 5.49. The third-order valence-corrected chi connectivity index (χ3v) is 4.21. The van der Waals surface area contributed by atoms with Gasteiger partial charge in [0.15, 0.2) is 10.6 Å². The molecule has 0 aliphatic rings. The minimum absolute atomic E-state index is 0.0219. The topological polar surface area (TPSA) is 109 Å². The van der Waals surface area contributed by atoms with Crippen molar-refractivity contribution in [2.75, 3.05) is 0 Å². The van der Waals surface area contributed by atoms with Crippen molar-refractivity contribution < 1.29 is 5.11 Å². The minimum Gasteiger partial charge on any atom is -0.508 e. The molecular formula is C12H13N3O4S. The highest BCUT2D eigenvalue weighted by Crippen LogP contribution is 2.61. The Hall–Kier alpha value is -2.35. The fraction of sp³-hybridized carbons (Fsp3) is 0.167. The molecule has 0 spiro atoms. The maximum Gasteiger partial charge on any atom is 0.198 e. The average molecular weight is 295 g/mol. The molecule has 106 valence electrons. The molecular weight excluding hydrogens is 282 g/mol. The van der Waals surface area contributed by atoms with Crippen LogP contribution in [-0.2, 0) is 0 Å². The second-order valence-electron chi connectivity index (χ2n) is 3.86. The van der Waals surface area contributed by atoms with Crippen molar-refractivity contribution in [3.05, 3.63) is 56.2 Å². The highest BCUT2D eigenvalue weighted by atomic mass is 32.3. The second-order valence-corrected chi connectivity index (χ2v) is 5.78. The Morgan fingerprint density at radius 3 is 2.20 bits per heavy atom. The summed E-state index contributed by atoms with van der Waals surface area (Å²) in [4.78, 5) is 32.7. The number of aryl methyl sites for hydroxylation is 1. The van der Waals surface area contributed by atoms with E-state index in [0.29, 0.717) is 11.1 Å². The molecule has 0 saturated carbocycles. The summed E-state index contributed by atoms with van der Waals surface area (Å²) >= 11 is 0. The summed E-state index contributed by atoms with van der Waals surface area (Å²) in [5, 5.41) is 9.68. The van der Waals surface area contributed by atoms with Crippen LogP contribution in [0.15, 0.2) is 43.4 Å². The van der Waals surface area contributed by atoms with Crippen molar-refractivity contribution in [2.45, 2.75) is 18.7 Å². The molecule has 0 amide bonds. The van der Waals surface area contributed by atoms with Gasteiger partial charge in [-0.1, -0.05) is 24.8 Å². The molecule has 0 fully saturated rings. The zero-order chi connectivity index (χ0) is 15.3. The first kappa shape index (κ1) is 15.7. The summed E-state index contributed by atoms with van der Waals surface area (Å²) in [7, 11) is -3.61. The van der Waals surface area contributed by atoms with Crippen LogP contribution in [0.25, 0.3) is 11.8 Å². The van der Waals surface area contributed by atoms with E-state index in [1.54, 1.807) is 19.9 Å². The van der Waals surface area contributed by atoms with Crippen LogP contribution in [0.2, 0.25) is 0 Å². The van der Waals surface area contributed by atoms with Crippen LogP contribution in [0.5, 0.6) is 0 Å². The molecule has 0 saturated heterocycles. The smallest absolute Gasteiger partial charge is 0.198 e. The molecule has 0 radical (unpaired) electrons. The van der Waals surface area contributed by atoms with Crippen molar-refractivity contribution in [3.63, 3.8) is 0 Å². The lowest BCUT2D eigenvalue weighted by Crippen LogP contribution is -1.99. The molecule has 0 atom stereocenters. The molecule has 0 bridgehead atoms. The number of rotatable bonds is 6. The van der Waals surface area contributed by atoms with Crippen molar-refractivity contribution in [2.24, 2.45) is 13.7 Å². The fourth-order valence-electron chi connectivity index (χ4n) is 1.82. The standard InChI is InChI=1S/C12H13N3O4S/c1-4-5-10-11(20(13-17,14-18)15-19)7-6-8(2)12(10)9(3)16/h4-7,16H,3H2,1-2H3/b5-4-. The Morgan fingerprint density at radius 2 is 1.80 bits per heavy atom. The van der Waals surface area contributed by atoms with Gasteiger partial charge in [0.2, 0.25) is 0 Å². The largest absolute Gasteiger partial charge is 0.508 e. The van der Waals surface area contributed by atoms with E-state index in [9.17, 15) is 19.8 Å². The van der Waals surface area contributed by atoms with Crippen LogP contribution in [0.3, 0.4) is 0 Å². The molecule has 0 unspecified atom stereocenters. The van der Waals surface area contributed by atoms with Gasteiger partial charge in [-0.15, -0.1) is 14.7 Å². The van der Waals surface area contributed by atoms with Crippen molar-refractivity contribution in [3.8, 4) is 0 Å². The summed E-state index contributed by atoms with van der Waals surface area (Å²) < 4.78 is 7.59. The zero-order valence-corrected chi connectivity index (χ0v) is 11.8. The van der Waals surface area contributed by atoms with Crippen LogP contribution in [-0.4, -0.2) is 5.11 Å². The molecule has 0 aliphatic heterocycles. The molecule has 7 nitrogen and oxygen atoms in total. The lowest BCUT2D eigenvalue weighted by molar-refractivity contribution is 0.513. The maximum atomic E-state index is 10.9. The summed E-state index contributed by atoms with van der Waals surface area (Å²) in [5.74, 6) is -0.256. The Kier molecular flexibility index (Phi) is 4.87. The van der Waals surface area contributed by atoms with E-state index in [-0.39, 0.29) is 16.2 Å². The minimum atomic E-state index is -3.61. The van der Waals surface area contributed by atoms with Gasteiger partial charge < -0.3 is 5.11 Å². The van der Waals surface area contributed by atoms with Gasteiger partial charge in [-0.05, 0) is 25.5 Å². The Balaban J connectivity index is 3.84. The molecule has 1 aromatic carbocycles. The van der Waals surface area contributed by atoms with Crippen LogP contribution in [0, 0.1) is 21.6 Å². The predicted molar refractivity (Wildman–Crippen MR) is 80.8 cm³/mol. The molecule has 1 rings (SSSR count). The normalized spacial score (nSPS) is 12.1. The van der Waals surface area contributed by atoms with E-state index in [2.05, 4.69) is 20.3 Å². The number of nitroso groups, excluding NO2 is 3. The van der Waals surface area contributed by atoms with Gasteiger partial charge in [0.1, 0.15) is 5.76 Å². The molecule has 1 aromatic rings. The van der Waals surface area contributed by atoms with Crippen molar-refractivity contribution >= 4 is 22.4 Å². The quantitative estimate of drug-likeness (QED) is 0.602. The van der Waals surface area contributed by atoms with Gasteiger partial charge in [-0.25, -0.2) is 0 Å². The summed E-state index contributed by atoms with van der Waals surface area (Å²) in [6.07, 6.45) is 3.15. The van der Waals surface area contributed by atoms with Crippen molar-refractivity contribution in [1.29, 1.82) is 0 Å². The first-order valence-corrected chi connectivity index (χ1v) is 6.99. The second kappa shape index (κ2) is 6.20. The Labute approximate surface area is 117 Å². The SMILES string of the molecule is C=C(O)c1c(C)ccc(S(N=O)(N=O)N=O)c1/C=C\C. The number of allylic oxidation sites excluding steroid dienone is 1. The molecule has 8 heteroatoms. The number of nitrogens with zero attached hydrogens (tertiary/aromatic N) is 3. The van der Waals surface area contributed by atoms with E-state index >= 15 is 0 Å². The highest BCUT2D eigenvalue weighted by Gasteiger charge is 2.35. The number of aliphatic hydroxyl groups excluding tert-OH is 1. The third-order valence-electron chi connectivity index (χ3n) is 2.64. The van der Waals surface area contributed by atoms with Gasteiger partial charge >= 0.3 is 0 Å². The summed E-state index contributed by atoms with van der Waals surface area (Å²) in [6.45, 7) is 6.84. The number of benzene rings is 1. The van der Waals surface area contributed by atoms with E-state index in [1.165, 1.54) is 18.2 Å². The monoisotopic (exact) mass is 295 g/mol. The number of aliphatic hydroxyl groups is 1.